The molecule has 0 spiro atoms. The number of carbonyl (C=O) groups is 1. The van der Waals surface area contributed by atoms with E-state index in [0.29, 0.717) is 13.0 Å². The van der Waals surface area contributed by atoms with Crippen molar-refractivity contribution >= 4 is 5.91 Å². The third kappa shape index (κ3) is 5.21. The van der Waals surface area contributed by atoms with Gasteiger partial charge in [-0.2, -0.15) is 0 Å². The smallest absolute Gasteiger partial charge is 0.223 e. The largest absolute Gasteiger partial charge is 0.493 e. The summed E-state index contributed by atoms with van der Waals surface area (Å²) < 4.78 is 5.60. The summed E-state index contributed by atoms with van der Waals surface area (Å²) in [6, 6.07) is 5.98. The highest BCUT2D eigenvalue weighted by Crippen LogP contribution is 2.16. The summed E-state index contributed by atoms with van der Waals surface area (Å²) in [5, 5.41) is 12.1. The molecule has 0 aromatic heterocycles. The molecular weight excluding hydrogens is 254 g/mol. The van der Waals surface area contributed by atoms with E-state index in [0.717, 1.165) is 16.9 Å². The zero-order valence-corrected chi connectivity index (χ0v) is 12.8. The van der Waals surface area contributed by atoms with Gasteiger partial charge in [-0.05, 0) is 50.5 Å². The molecule has 0 saturated carbocycles. The molecule has 4 heteroatoms. The zero-order valence-electron chi connectivity index (χ0n) is 12.8. The van der Waals surface area contributed by atoms with Crippen molar-refractivity contribution in [2.45, 2.75) is 46.1 Å². The minimum absolute atomic E-state index is 0.0623. The van der Waals surface area contributed by atoms with Crippen LogP contribution in [-0.4, -0.2) is 29.8 Å². The molecule has 20 heavy (non-hydrogen) atoms. The quantitative estimate of drug-likeness (QED) is 0.805. The molecule has 1 aromatic rings. The van der Waals surface area contributed by atoms with E-state index >= 15 is 0 Å². The maximum absolute atomic E-state index is 11.8. The van der Waals surface area contributed by atoms with Crippen LogP contribution < -0.4 is 10.1 Å². The molecule has 0 saturated heterocycles. The van der Waals surface area contributed by atoms with Gasteiger partial charge in [-0.25, -0.2) is 0 Å². The number of aliphatic hydroxyl groups is 1. The highest BCUT2D eigenvalue weighted by atomic mass is 16.5. The summed E-state index contributed by atoms with van der Waals surface area (Å²) in [5.41, 5.74) is 1.74. The number of carbonyl (C=O) groups excluding carboxylic acids is 1. The fraction of sp³-hybridized carbons (Fsp3) is 0.562. The normalized spacial score (nSPS) is 13.7. The van der Waals surface area contributed by atoms with E-state index in [1.54, 1.807) is 0 Å². The Morgan fingerprint density at radius 1 is 1.30 bits per heavy atom. The van der Waals surface area contributed by atoms with Crippen LogP contribution in [0.2, 0.25) is 0 Å². The molecule has 1 amide bonds. The summed E-state index contributed by atoms with van der Waals surface area (Å²) in [4.78, 5) is 11.8. The van der Waals surface area contributed by atoms with Crippen molar-refractivity contribution < 1.29 is 14.6 Å². The van der Waals surface area contributed by atoms with Crippen LogP contribution in [0, 0.1) is 13.8 Å². The first kappa shape index (κ1) is 16.5. The van der Waals surface area contributed by atoms with Crippen molar-refractivity contribution in [3.05, 3.63) is 29.3 Å². The lowest BCUT2D eigenvalue weighted by molar-refractivity contribution is -0.123. The number of aliphatic hydroxyl groups excluding tert-OH is 1. The third-order valence-corrected chi connectivity index (χ3v) is 3.36. The Labute approximate surface area is 121 Å². The van der Waals surface area contributed by atoms with E-state index < -0.39 is 5.54 Å². The molecule has 112 valence electrons. The molecule has 0 radical (unpaired) electrons. The van der Waals surface area contributed by atoms with Gasteiger partial charge < -0.3 is 15.2 Å². The van der Waals surface area contributed by atoms with Gasteiger partial charge in [0.15, 0.2) is 0 Å². The lowest BCUT2D eigenvalue weighted by Crippen LogP contribution is -2.48. The lowest BCUT2D eigenvalue weighted by atomic mass is 10.0. The van der Waals surface area contributed by atoms with Crippen molar-refractivity contribution in [2.75, 3.05) is 13.2 Å². The molecule has 0 fully saturated rings. The molecule has 0 aliphatic rings. The average Bonchev–Trinajstić information content (AvgIpc) is 2.37. The van der Waals surface area contributed by atoms with Crippen molar-refractivity contribution in [2.24, 2.45) is 0 Å². The highest BCUT2D eigenvalue weighted by Gasteiger charge is 2.22. The van der Waals surface area contributed by atoms with Crippen LogP contribution in [0.4, 0.5) is 0 Å². The first-order chi connectivity index (χ1) is 9.38. The second-order valence-electron chi connectivity index (χ2n) is 5.54. The summed E-state index contributed by atoms with van der Waals surface area (Å²) in [7, 11) is 0. The average molecular weight is 279 g/mol. The maximum Gasteiger partial charge on any atom is 0.223 e. The third-order valence-electron chi connectivity index (χ3n) is 3.36. The van der Waals surface area contributed by atoms with Crippen LogP contribution in [0.1, 0.15) is 37.8 Å². The standard InChI is InChI=1S/C16H25NO3/c1-5-16(4,11-18)17-15(19)6-7-20-14-9-12(2)8-13(3)10-14/h8-10,18H,5-7,11H2,1-4H3,(H,17,19). The Balaban J connectivity index is 2.42. The Bertz CT molecular complexity index is 433. The first-order valence-electron chi connectivity index (χ1n) is 7.01. The molecule has 0 heterocycles. The number of hydrogen-bond acceptors (Lipinski definition) is 3. The van der Waals surface area contributed by atoms with Gasteiger partial charge in [0.05, 0.1) is 25.2 Å². The number of amides is 1. The van der Waals surface area contributed by atoms with Gasteiger partial charge in [0.2, 0.25) is 5.91 Å². The molecule has 1 atom stereocenters. The van der Waals surface area contributed by atoms with E-state index in [-0.39, 0.29) is 18.9 Å². The van der Waals surface area contributed by atoms with E-state index in [4.69, 9.17) is 4.74 Å². The van der Waals surface area contributed by atoms with Gasteiger partial charge in [0.1, 0.15) is 5.75 Å². The topological polar surface area (TPSA) is 58.6 Å². The van der Waals surface area contributed by atoms with Gasteiger partial charge in [0.25, 0.3) is 0 Å². The Kier molecular flexibility index (Phi) is 6.02. The molecule has 0 bridgehead atoms. The zero-order chi connectivity index (χ0) is 15.2. The number of aryl methyl sites for hydroxylation is 2. The van der Waals surface area contributed by atoms with Gasteiger partial charge in [-0.3, -0.25) is 4.79 Å². The first-order valence-corrected chi connectivity index (χ1v) is 7.01. The molecule has 1 unspecified atom stereocenters. The molecule has 2 N–H and O–H groups in total. The monoisotopic (exact) mass is 279 g/mol. The van der Waals surface area contributed by atoms with E-state index in [1.807, 2.05) is 39.8 Å². The summed E-state index contributed by atoms with van der Waals surface area (Å²) in [6.07, 6.45) is 0.968. The summed E-state index contributed by atoms with van der Waals surface area (Å²) in [6.45, 7) is 8.06. The van der Waals surface area contributed by atoms with E-state index in [9.17, 15) is 9.90 Å². The van der Waals surface area contributed by atoms with Gasteiger partial charge >= 0.3 is 0 Å². The highest BCUT2D eigenvalue weighted by molar-refractivity contribution is 5.76. The number of benzene rings is 1. The maximum atomic E-state index is 11.8. The van der Waals surface area contributed by atoms with Crippen LogP contribution >= 0.6 is 0 Å². The number of ether oxygens (including phenoxy) is 1. The SMILES string of the molecule is CCC(C)(CO)NC(=O)CCOc1cc(C)cc(C)c1. The molecule has 4 nitrogen and oxygen atoms in total. The van der Waals surface area contributed by atoms with Crippen LogP contribution in [0.15, 0.2) is 18.2 Å². The predicted molar refractivity (Wildman–Crippen MR) is 80.0 cm³/mol. The number of rotatable bonds is 7. The molecular formula is C16H25NO3. The lowest BCUT2D eigenvalue weighted by Gasteiger charge is -2.27. The number of hydrogen-bond donors (Lipinski definition) is 2. The molecule has 1 aromatic carbocycles. The van der Waals surface area contributed by atoms with E-state index in [1.165, 1.54) is 0 Å². The van der Waals surface area contributed by atoms with Gasteiger partial charge in [-0.15, -0.1) is 0 Å². The second kappa shape index (κ2) is 7.29. The summed E-state index contributed by atoms with van der Waals surface area (Å²) in [5.74, 6) is 0.684. The van der Waals surface area contributed by atoms with Crippen LogP contribution in [0.5, 0.6) is 5.75 Å². The van der Waals surface area contributed by atoms with Crippen molar-refractivity contribution in [1.82, 2.24) is 5.32 Å². The Morgan fingerprint density at radius 3 is 2.40 bits per heavy atom. The fourth-order valence-corrected chi connectivity index (χ4v) is 1.92. The Hall–Kier alpha value is -1.55. The number of nitrogens with one attached hydrogen (secondary N) is 1. The van der Waals surface area contributed by atoms with Crippen LogP contribution in [0.25, 0.3) is 0 Å². The second-order valence-corrected chi connectivity index (χ2v) is 5.54. The minimum atomic E-state index is -0.545. The van der Waals surface area contributed by atoms with Crippen LogP contribution in [-0.2, 0) is 4.79 Å². The van der Waals surface area contributed by atoms with Gasteiger partial charge in [-0.1, -0.05) is 13.0 Å². The van der Waals surface area contributed by atoms with Crippen LogP contribution in [0.3, 0.4) is 0 Å². The van der Waals surface area contributed by atoms with Crippen molar-refractivity contribution in [3.8, 4) is 5.75 Å². The molecule has 1 rings (SSSR count). The Morgan fingerprint density at radius 2 is 1.90 bits per heavy atom. The fourth-order valence-electron chi connectivity index (χ4n) is 1.92. The molecule has 0 aliphatic heterocycles. The van der Waals surface area contributed by atoms with Gasteiger partial charge in [0, 0.05) is 0 Å². The summed E-state index contributed by atoms with van der Waals surface area (Å²) >= 11 is 0. The van der Waals surface area contributed by atoms with Crippen molar-refractivity contribution in [3.63, 3.8) is 0 Å². The van der Waals surface area contributed by atoms with E-state index in [2.05, 4.69) is 11.4 Å². The molecule has 0 aliphatic carbocycles. The minimum Gasteiger partial charge on any atom is -0.493 e. The predicted octanol–water partition coefficient (Wildman–Crippen LogP) is 2.35. The van der Waals surface area contributed by atoms with Crippen molar-refractivity contribution in [1.29, 1.82) is 0 Å².